The first kappa shape index (κ1) is 12.9. The molecule has 1 saturated heterocycles. The minimum Gasteiger partial charge on any atom is -0.296 e. The summed E-state index contributed by atoms with van der Waals surface area (Å²) < 4.78 is 0. The zero-order chi connectivity index (χ0) is 11.5. The molecule has 0 bridgehead atoms. The first-order valence-electron chi connectivity index (χ1n) is 5.74. The predicted molar refractivity (Wildman–Crippen MR) is 67.0 cm³/mol. The molecule has 0 aromatic rings. The second-order valence-corrected chi connectivity index (χ2v) is 6.26. The van der Waals surface area contributed by atoms with Gasteiger partial charge in [0.15, 0.2) is 0 Å². The largest absolute Gasteiger partial charge is 0.296 e. The van der Waals surface area contributed by atoms with E-state index in [2.05, 4.69) is 39.1 Å². The third kappa shape index (κ3) is 2.49. The van der Waals surface area contributed by atoms with Gasteiger partial charge in [-0.1, -0.05) is 20.8 Å². The van der Waals surface area contributed by atoms with E-state index in [0.717, 1.165) is 18.6 Å². The molecule has 0 saturated carbocycles. The molecule has 3 heteroatoms. The third-order valence-corrected chi connectivity index (χ3v) is 4.77. The van der Waals surface area contributed by atoms with Crippen LogP contribution in [0.4, 0.5) is 0 Å². The van der Waals surface area contributed by atoms with E-state index in [0.29, 0.717) is 6.04 Å². The average Bonchev–Trinajstić information content (AvgIpc) is 2.21. The zero-order valence-corrected chi connectivity index (χ0v) is 11.1. The molecule has 0 aromatic carbocycles. The second-order valence-electron chi connectivity index (χ2n) is 5.16. The Morgan fingerprint density at radius 2 is 2.20 bits per heavy atom. The summed E-state index contributed by atoms with van der Waals surface area (Å²) in [5.41, 5.74) is -0.262. The molecule has 86 valence electrons. The first-order valence-corrected chi connectivity index (χ1v) is 6.89. The summed E-state index contributed by atoms with van der Waals surface area (Å²) in [5, 5.41) is 13.0. The summed E-state index contributed by atoms with van der Waals surface area (Å²) >= 11 is 1.90. The Morgan fingerprint density at radius 3 is 2.67 bits per heavy atom. The fraction of sp³-hybridized carbons (Fsp3) is 0.917. The van der Waals surface area contributed by atoms with Crippen molar-refractivity contribution in [1.82, 2.24) is 5.32 Å². The van der Waals surface area contributed by atoms with Crippen molar-refractivity contribution in [3.63, 3.8) is 0 Å². The lowest BCUT2D eigenvalue weighted by molar-refractivity contribution is 0.168. The smallest absolute Gasteiger partial charge is 0.121 e. The van der Waals surface area contributed by atoms with Crippen LogP contribution in [0, 0.1) is 16.7 Å². The summed E-state index contributed by atoms with van der Waals surface area (Å²) in [6.07, 6.45) is 2.19. The fourth-order valence-electron chi connectivity index (χ4n) is 1.94. The van der Waals surface area contributed by atoms with E-state index in [1.165, 1.54) is 5.75 Å². The van der Waals surface area contributed by atoms with Crippen molar-refractivity contribution in [2.24, 2.45) is 5.41 Å². The van der Waals surface area contributed by atoms with Crippen LogP contribution in [0.3, 0.4) is 0 Å². The van der Waals surface area contributed by atoms with Crippen LogP contribution in [0.2, 0.25) is 0 Å². The van der Waals surface area contributed by atoms with E-state index in [9.17, 15) is 5.26 Å². The normalized spacial score (nSPS) is 31.9. The van der Waals surface area contributed by atoms with Gasteiger partial charge in [0.25, 0.3) is 0 Å². The molecule has 2 atom stereocenters. The standard InChI is InChI=1S/C12H22N2S/c1-5-10(2)14-12(8-13)9-15-7-6-11(12,3)4/h10,14H,5-7,9H2,1-4H3. The van der Waals surface area contributed by atoms with Gasteiger partial charge in [-0.05, 0) is 30.9 Å². The monoisotopic (exact) mass is 226 g/mol. The molecular formula is C12H22N2S. The van der Waals surface area contributed by atoms with Gasteiger partial charge in [0.1, 0.15) is 5.54 Å². The Balaban J connectivity index is 2.86. The van der Waals surface area contributed by atoms with Gasteiger partial charge in [-0.3, -0.25) is 5.32 Å². The molecule has 2 nitrogen and oxygen atoms in total. The Kier molecular flexibility index (Phi) is 4.08. The van der Waals surface area contributed by atoms with Gasteiger partial charge >= 0.3 is 0 Å². The summed E-state index contributed by atoms with van der Waals surface area (Å²) in [5.74, 6) is 2.10. The topological polar surface area (TPSA) is 35.8 Å². The molecule has 2 unspecified atom stereocenters. The number of nitrogens with zero attached hydrogens (tertiary/aromatic N) is 1. The molecule has 1 heterocycles. The lowest BCUT2D eigenvalue weighted by atomic mass is 9.71. The van der Waals surface area contributed by atoms with Crippen molar-refractivity contribution in [2.75, 3.05) is 11.5 Å². The Bertz CT molecular complexity index is 257. The number of nitrogens with one attached hydrogen (secondary N) is 1. The zero-order valence-electron chi connectivity index (χ0n) is 10.3. The SMILES string of the molecule is CCC(C)NC1(C#N)CSCCC1(C)C. The Hall–Kier alpha value is -0.200. The van der Waals surface area contributed by atoms with Gasteiger partial charge in [-0.15, -0.1) is 0 Å². The van der Waals surface area contributed by atoms with Gasteiger partial charge in [0.2, 0.25) is 0 Å². The van der Waals surface area contributed by atoms with Gasteiger partial charge in [0, 0.05) is 11.8 Å². The van der Waals surface area contributed by atoms with Crippen LogP contribution in [-0.4, -0.2) is 23.1 Å². The van der Waals surface area contributed by atoms with Crippen LogP contribution < -0.4 is 5.32 Å². The van der Waals surface area contributed by atoms with E-state index in [4.69, 9.17) is 0 Å². The van der Waals surface area contributed by atoms with Crippen molar-refractivity contribution in [3.8, 4) is 6.07 Å². The van der Waals surface area contributed by atoms with Crippen LogP contribution >= 0.6 is 11.8 Å². The van der Waals surface area contributed by atoms with Crippen molar-refractivity contribution < 1.29 is 0 Å². The highest BCUT2D eigenvalue weighted by atomic mass is 32.2. The first-order chi connectivity index (χ1) is 6.97. The van der Waals surface area contributed by atoms with Crippen LogP contribution in [0.1, 0.15) is 40.5 Å². The molecule has 1 N–H and O–H groups in total. The minimum atomic E-state index is -0.342. The highest BCUT2D eigenvalue weighted by Gasteiger charge is 2.47. The maximum absolute atomic E-state index is 9.50. The molecule has 1 aliphatic heterocycles. The van der Waals surface area contributed by atoms with Crippen LogP contribution in [0.5, 0.6) is 0 Å². The number of thioether (sulfide) groups is 1. The molecule has 0 aromatic heterocycles. The highest BCUT2D eigenvalue weighted by Crippen LogP contribution is 2.42. The maximum atomic E-state index is 9.50. The van der Waals surface area contributed by atoms with E-state index in [-0.39, 0.29) is 11.0 Å². The lowest BCUT2D eigenvalue weighted by Gasteiger charge is -2.47. The molecular weight excluding hydrogens is 204 g/mol. The van der Waals surface area contributed by atoms with Crippen molar-refractivity contribution in [1.29, 1.82) is 5.26 Å². The average molecular weight is 226 g/mol. The van der Waals surface area contributed by atoms with E-state index in [1.54, 1.807) is 0 Å². The number of rotatable bonds is 3. The highest BCUT2D eigenvalue weighted by molar-refractivity contribution is 7.99. The third-order valence-electron chi connectivity index (χ3n) is 3.64. The number of hydrogen-bond acceptors (Lipinski definition) is 3. The minimum absolute atomic E-state index is 0.0798. The van der Waals surface area contributed by atoms with Crippen LogP contribution in [-0.2, 0) is 0 Å². The van der Waals surface area contributed by atoms with Crippen LogP contribution in [0.15, 0.2) is 0 Å². The predicted octanol–water partition coefficient (Wildman–Crippen LogP) is 2.80. The van der Waals surface area contributed by atoms with E-state index in [1.807, 2.05) is 11.8 Å². The Labute approximate surface area is 97.8 Å². The molecule has 1 aliphatic rings. The molecule has 0 radical (unpaired) electrons. The molecule has 1 fully saturated rings. The summed E-state index contributed by atoms with van der Waals surface area (Å²) in [6, 6.07) is 2.96. The van der Waals surface area contributed by atoms with Gasteiger partial charge in [-0.2, -0.15) is 17.0 Å². The number of hydrogen-bond donors (Lipinski definition) is 1. The van der Waals surface area contributed by atoms with E-state index >= 15 is 0 Å². The number of nitriles is 1. The van der Waals surface area contributed by atoms with Crippen LogP contribution in [0.25, 0.3) is 0 Å². The van der Waals surface area contributed by atoms with Crippen molar-refractivity contribution in [3.05, 3.63) is 0 Å². The van der Waals surface area contributed by atoms with Crippen molar-refractivity contribution in [2.45, 2.75) is 52.1 Å². The van der Waals surface area contributed by atoms with Gasteiger partial charge < -0.3 is 0 Å². The van der Waals surface area contributed by atoms with Gasteiger partial charge in [-0.25, -0.2) is 0 Å². The van der Waals surface area contributed by atoms with Gasteiger partial charge in [0.05, 0.1) is 6.07 Å². The Morgan fingerprint density at radius 1 is 1.53 bits per heavy atom. The van der Waals surface area contributed by atoms with Crippen molar-refractivity contribution >= 4 is 11.8 Å². The summed E-state index contributed by atoms with van der Waals surface area (Å²) in [4.78, 5) is 0. The van der Waals surface area contributed by atoms with E-state index < -0.39 is 0 Å². The molecule has 0 aliphatic carbocycles. The second kappa shape index (κ2) is 4.76. The summed E-state index contributed by atoms with van der Waals surface area (Å²) in [7, 11) is 0. The molecule has 0 spiro atoms. The molecule has 15 heavy (non-hydrogen) atoms. The molecule has 1 rings (SSSR count). The lowest BCUT2D eigenvalue weighted by Crippen LogP contribution is -2.61. The molecule has 0 amide bonds. The summed E-state index contributed by atoms with van der Waals surface area (Å²) in [6.45, 7) is 8.75. The quantitative estimate of drug-likeness (QED) is 0.804. The maximum Gasteiger partial charge on any atom is 0.121 e. The fourth-order valence-corrected chi connectivity index (χ4v) is 3.58.